The molecule has 0 aliphatic carbocycles. The van der Waals surface area contributed by atoms with Crippen LogP contribution in [0.3, 0.4) is 0 Å². The number of hydrogen-bond donors (Lipinski definition) is 1. The maximum Gasteiger partial charge on any atom is 0.226 e. The lowest BCUT2D eigenvalue weighted by Crippen LogP contribution is -2.29. The number of carbonyl (C=O) groups excluding carboxylic acids is 2. The number of thiazole rings is 1. The first kappa shape index (κ1) is 17.0. The summed E-state index contributed by atoms with van der Waals surface area (Å²) in [6.07, 6.45) is 0.0450. The molecule has 0 atom stereocenters. The Kier molecular flexibility index (Phi) is 5.70. The van der Waals surface area contributed by atoms with Gasteiger partial charge >= 0.3 is 0 Å². The van der Waals surface area contributed by atoms with Crippen molar-refractivity contribution in [3.63, 3.8) is 0 Å². The highest BCUT2D eigenvalue weighted by Gasteiger charge is 2.11. The Labute approximate surface area is 138 Å². The first-order chi connectivity index (χ1) is 11.0. The second kappa shape index (κ2) is 7.73. The van der Waals surface area contributed by atoms with Gasteiger partial charge in [0.1, 0.15) is 17.4 Å². The molecule has 0 aliphatic rings. The minimum atomic E-state index is -1.27. The average Bonchev–Trinajstić information content (AvgIpc) is 2.86. The van der Waals surface area contributed by atoms with Crippen molar-refractivity contribution in [2.45, 2.75) is 20.3 Å². The molecule has 2 rings (SSSR count). The fraction of sp³-hybridized carbons (Fsp3) is 0.312. The Balaban J connectivity index is 1.74. The van der Waals surface area contributed by atoms with E-state index >= 15 is 0 Å². The van der Waals surface area contributed by atoms with Gasteiger partial charge in [0.05, 0.1) is 29.5 Å². The van der Waals surface area contributed by atoms with Gasteiger partial charge in [0.2, 0.25) is 5.91 Å². The summed E-state index contributed by atoms with van der Waals surface area (Å²) in [7, 11) is 0. The molecule has 0 unspecified atom stereocenters. The summed E-state index contributed by atoms with van der Waals surface area (Å²) in [5.74, 6) is -0.742. The van der Waals surface area contributed by atoms with Crippen molar-refractivity contribution < 1.29 is 19.4 Å². The number of amides is 1. The van der Waals surface area contributed by atoms with Gasteiger partial charge in [0.25, 0.3) is 0 Å². The summed E-state index contributed by atoms with van der Waals surface area (Å²) in [4.78, 5) is 26.8. The van der Waals surface area contributed by atoms with Crippen molar-refractivity contribution in [3.05, 3.63) is 45.4 Å². The van der Waals surface area contributed by atoms with E-state index in [0.29, 0.717) is 23.9 Å². The zero-order valence-electron chi connectivity index (χ0n) is 12.9. The van der Waals surface area contributed by atoms with Crippen LogP contribution in [0.15, 0.2) is 24.3 Å². The van der Waals surface area contributed by atoms with Gasteiger partial charge in [-0.05, 0) is 26.0 Å². The van der Waals surface area contributed by atoms with Gasteiger partial charge in [0, 0.05) is 0 Å². The van der Waals surface area contributed by atoms with Crippen LogP contribution in [0.1, 0.15) is 25.9 Å². The van der Waals surface area contributed by atoms with Gasteiger partial charge < -0.3 is 20.0 Å². The second-order valence-corrected chi connectivity index (χ2v) is 6.08. The second-order valence-electron chi connectivity index (χ2n) is 5.00. The van der Waals surface area contributed by atoms with E-state index in [0.717, 1.165) is 22.6 Å². The van der Waals surface area contributed by atoms with Gasteiger partial charge in [-0.1, -0.05) is 17.7 Å². The van der Waals surface area contributed by atoms with Crippen molar-refractivity contribution in [1.82, 2.24) is 10.3 Å². The van der Waals surface area contributed by atoms with Crippen molar-refractivity contribution in [2.24, 2.45) is 0 Å². The number of hydrogen-bond acceptors (Lipinski definition) is 6. The number of rotatable bonds is 7. The fourth-order valence-corrected chi connectivity index (χ4v) is 2.81. The summed E-state index contributed by atoms with van der Waals surface area (Å²) in [5.41, 5.74) is 1.53. The molecule has 0 spiro atoms. The van der Waals surface area contributed by atoms with Crippen LogP contribution in [0.25, 0.3) is 0 Å². The molecule has 6 nitrogen and oxygen atoms in total. The average molecular weight is 333 g/mol. The molecule has 122 valence electrons. The van der Waals surface area contributed by atoms with Crippen LogP contribution in [0, 0.1) is 13.8 Å². The first-order valence-electron chi connectivity index (χ1n) is 7.09. The van der Waals surface area contributed by atoms with E-state index in [1.165, 1.54) is 0 Å². The van der Waals surface area contributed by atoms with Crippen molar-refractivity contribution in [3.8, 4) is 5.75 Å². The molecule has 1 amide bonds. The number of carboxylic acids is 1. The third kappa shape index (κ3) is 5.07. The lowest BCUT2D eigenvalue weighted by Gasteiger charge is -2.07. The van der Waals surface area contributed by atoms with E-state index in [-0.39, 0.29) is 17.2 Å². The van der Waals surface area contributed by atoms with Crippen LogP contribution in [-0.2, 0) is 11.2 Å². The molecule has 0 radical (unpaired) electrons. The van der Waals surface area contributed by atoms with Crippen LogP contribution >= 0.6 is 11.3 Å². The zero-order chi connectivity index (χ0) is 16.8. The Morgan fingerprint density at radius 1 is 1.26 bits per heavy atom. The van der Waals surface area contributed by atoms with Crippen molar-refractivity contribution in [1.29, 1.82) is 0 Å². The highest BCUT2D eigenvalue weighted by molar-refractivity contribution is 7.13. The number of aromatic carboxylic acids is 1. The highest BCUT2D eigenvalue weighted by Crippen LogP contribution is 2.17. The number of nitrogens with zero attached hydrogens (tertiary/aromatic N) is 1. The summed E-state index contributed by atoms with van der Waals surface area (Å²) >= 11 is 0.968. The molecule has 7 heteroatoms. The summed E-state index contributed by atoms with van der Waals surface area (Å²) < 4.78 is 5.50. The molecule has 2 aromatic rings. The van der Waals surface area contributed by atoms with Gasteiger partial charge in [-0.25, -0.2) is 4.98 Å². The first-order valence-corrected chi connectivity index (χ1v) is 7.91. The van der Waals surface area contributed by atoms with Gasteiger partial charge in [-0.3, -0.25) is 4.79 Å². The maximum absolute atomic E-state index is 11.8. The molecule has 1 heterocycles. The summed E-state index contributed by atoms with van der Waals surface area (Å²) in [5, 5.41) is 14.0. The lowest BCUT2D eigenvalue weighted by atomic mass is 10.2. The fourth-order valence-electron chi connectivity index (χ4n) is 1.91. The number of carboxylic acid groups (broad SMARTS) is 1. The maximum atomic E-state index is 11.8. The van der Waals surface area contributed by atoms with Gasteiger partial charge in [0.15, 0.2) is 0 Å². The number of benzene rings is 1. The van der Waals surface area contributed by atoms with E-state index in [1.54, 1.807) is 6.92 Å². The quantitative estimate of drug-likeness (QED) is 0.759. The third-order valence-electron chi connectivity index (χ3n) is 3.05. The molecule has 0 fully saturated rings. The van der Waals surface area contributed by atoms with Crippen molar-refractivity contribution in [2.75, 3.05) is 13.2 Å². The Hall–Kier alpha value is -2.41. The van der Waals surface area contributed by atoms with E-state index in [9.17, 15) is 14.7 Å². The molecule has 0 saturated heterocycles. The van der Waals surface area contributed by atoms with Crippen LogP contribution in [-0.4, -0.2) is 30.0 Å². The Morgan fingerprint density at radius 2 is 1.96 bits per heavy atom. The highest BCUT2D eigenvalue weighted by atomic mass is 32.1. The minimum Gasteiger partial charge on any atom is -0.544 e. The zero-order valence-corrected chi connectivity index (χ0v) is 13.7. The summed E-state index contributed by atoms with van der Waals surface area (Å²) in [6.45, 7) is 4.30. The van der Waals surface area contributed by atoms with E-state index in [1.807, 2.05) is 31.2 Å². The number of aryl methyl sites for hydroxylation is 2. The molecule has 1 aromatic carbocycles. The molecular weight excluding hydrogens is 316 g/mol. The summed E-state index contributed by atoms with van der Waals surface area (Å²) in [6, 6.07) is 7.65. The number of aromatic nitrogens is 1. The van der Waals surface area contributed by atoms with Gasteiger partial charge in [-0.2, -0.15) is 0 Å². The molecule has 1 aromatic heterocycles. The Morgan fingerprint density at radius 3 is 2.57 bits per heavy atom. The number of carbonyl (C=O) groups is 2. The topological polar surface area (TPSA) is 91.3 Å². The lowest BCUT2D eigenvalue weighted by molar-refractivity contribution is -0.254. The smallest absolute Gasteiger partial charge is 0.226 e. The van der Waals surface area contributed by atoms with Crippen LogP contribution in [0.5, 0.6) is 5.75 Å². The van der Waals surface area contributed by atoms with E-state index < -0.39 is 5.97 Å². The number of ether oxygens (including phenoxy) is 1. The normalized spacial score (nSPS) is 10.3. The monoisotopic (exact) mass is 333 g/mol. The third-order valence-corrected chi connectivity index (χ3v) is 4.19. The van der Waals surface area contributed by atoms with E-state index in [2.05, 4.69) is 10.3 Å². The Bertz CT molecular complexity index is 695. The van der Waals surface area contributed by atoms with E-state index in [4.69, 9.17) is 4.74 Å². The molecule has 1 N–H and O–H groups in total. The molecular formula is C16H17N2O4S-. The molecule has 23 heavy (non-hydrogen) atoms. The minimum absolute atomic E-state index is 0.0450. The molecule has 0 bridgehead atoms. The van der Waals surface area contributed by atoms with Crippen LogP contribution in [0.4, 0.5) is 0 Å². The molecule has 0 saturated carbocycles. The predicted octanol–water partition coefficient (Wildman–Crippen LogP) is 0.861. The largest absolute Gasteiger partial charge is 0.544 e. The van der Waals surface area contributed by atoms with Gasteiger partial charge in [-0.15, -0.1) is 11.3 Å². The standard InChI is InChI=1S/C16H18N2O4S/c1-10-3-5-12(6-4-10)22-8-7-17-13(19)9-14-18-11(2)15(23-14)16(20)21/h3-6H,7-9H2,1-2H3,(H,17,19)(H,20,21)/p-1. The number of nitrogens with one attached hydrogen (secondary N) is 1. The van der Waals surface area contributed by atoms with Crippen molar-refractivity contribution >= 4 is 23.2 Å². The molecule has 0 aliphatic heterocycles. The van der Waals surface area contributed by atoms with Crippen LogP contribution < -0.4 is 15.2 Å². The SMILES string of the molecule is Cc1ccc(OCCNC(=O)Cc2nc(C)c(C(=O)[O-])s2)cc1. The predicted molar refractivity (Wildman–Crippen MR) is 84.6 cm³/mol. The van der Waals surface area contributed by atoms with Crippen LogP contribution in [0.2, 0.25) is 0 Å².